The van der Waals surface area contributed by atoms with Gasteiger partial charge < -0.3 is 5.32 Å². The molecular formula is C27H38N2. The molecule has 0 heterocycles. The lowest BCUT2D eigenvalue weighted by Gasteiger charge is -2.27. The van der Waals surface area contributed by atoms with Gasteiger partial charge in [0.15, 0.2) is 0 Å². The van der Waals surface area contributed by atoms with Crippen LogP contribution in [0.1, 0.15) is 39.2 Å². The van der Waals surface area contributed by atoms with E-state index in [1.165, 1.54) is 11.1 Å². The van der Waals surface area contributed by atoms with E-state index in [-0.39, 0.29) is 12.0 Å². The Balaban J connectivity index is 2.98. The van der Waals surface area contributed by atoms with Crippen molar-refractivity contribution in [3.05, 3.63) is 91.1 Å². The second-order valence-corrected chi connectivity index (χ2v) is 7.95. The molecule has 2 atom stereocenters. The normalized spacial score (nSPS) is 14.0. The Hall–Kier alpha value is -2.45. The smallest absolute Gasteiger partial charge is 0.0783 e. The van der Waals surface area contributed by atoms with E-state index in [0.717, 1.165) is 36.1 Å². The average Bonchev–Trinajstić information content (AvgIpc) is 2.70. The predicted octanol–water partition coefficient (Wildman–Crippen LogP) is 6.66. The highest BCUT2D eigenvalue weighted by molar-refractivity contribution is 5.66. The lowest BCUT2D eigenvalue weighted by atomic mass is 9.83. The van der Waals surface area contributed by atoms with Crippen molar-refractivity contribution in [2.24, 2.45) is 16.8 Å². The zero-order valence-corrected chi connectivity index (χ0v) is 18.7. The van der Waals surface area contributed by atoms with Gasteiger partial charge in [-0.2, -0.15) is 0 Å². The molecule has 1 aromatic rings. The van der Waals surface area contributed by atoms with Crippen molar-refractivity contribution < 1.29 is 0 Å². The van der Waals surface area contributed by atoms with Crippen molar-refractivity contribution in [2.45, 2.75) is 39.7 Å². The summed E-state index contributed by atoms with van der Waals surface area (Å²) in [4.78, 5) is 4.88. The Bertz CT molecular complexity index is 750. The van der Waals surface area contributed by atoms with E-state index in [0.29, 0.717) is 5.92 Å². The molecule has 0 saturated carbocycles. The van der Waals surface area contributed by atoms with Crippen LogP contribution in [0.3, 0.4) is 0 Å². The Morgan fingerprint density at radius 2 is 1.79 bits per heavy atom. The fraction of sp³-hybridized carbons (Fsp3) is 0.370. The second kappa shape index (κ2) is 12.9. The number of aliphatic imine (C=N–C) groups is 1. The summed E-state index contributed by atoms with van der Waals surface area (Å²) in [5.74, 6) is 0.550. The molecule has 1 N–H and O–H groups in total. The Labute approximate surface area is 178 Å². The fourth-order valence-corrected chi connectivity index (χ4v) is 3.29. The molecule has 0 aliphatic rings. The first-order valence-corrected chi connectivity index (χ1v) is 10.4. The first-order chi connectivity index (χ1) is 13.8. The van der Waals surface area contributed by atoms with Crippen LogP contribution >= 0.6 is 0 Å². The van der Waals surface area contributed by atoms with E-state index < -0.39 is 0 Å². The molecule has 0 radical (unpaired) electrons. The molecule has 2 heteroatoms. The maximum atomic E-state index is 4.88. The fourth-order valence-electron chi connectivity index (χ4n) is 3.29. The number of hydrogen-bond donors (Lipinski definition) is 1. The van der Waals surface area contributed by atoms with Crippen molar-refractivity contribution >= 4 is 11.8 Å². The molecule has 1 rings (SSSR count). The summed E-state index contributed by atoms with van der Waals surface area (Å²) in [5.41, 5.74) is 5.63. The number of rotatable bonds is 13. The van der Waals surface area contributed by atoms with Crippen LogP contribution in [-0.4, -0.2) is 25.8 Å². The molecular weight excluding hydrogens is 352 g/mol. The standard InChI is InChI=1S/C27H38N2/c1-9-22(5)26(27(24(7)19-28-8)29-18-20(2)3)16-15-21(4)17-23(6)25-13-11-10-12-14-25/h9-14,17-18,20,26-28H,1,4-5,7,15-16,19H2,2-3,6,8H3/b23-17+,29-18?. The first-order valence-electron chi connectivity index (χ1n) is 10.4. The number of nitrogens with one attached hydrogen (secondary N) is 1. The molecule has 2 unspecified atom stereocenters. The summed E-state index contributed by atoms with van der Waals surface area (Å²) in [6.07, 6.45) is 7.83. The molecule has 0 amide bonds. The molecule has 0 bridgehead atoms. The highest BCUT2D eigenvalue weighted by atomic mass is 14.9. The van der Waals surface area contributed by atoms with Gasteiger partial charge in [0.05, 0.1) is 6.04 Å². The van der Waals surface area contributed by atoms with Crippen molar-refractivity contribution in [1.82, 2.24) is 5.32 Å². The van der Waals surface area contributed by atoms with Gasteiger partial charge in [0.1, 0.15) is 0 Å². The van der Waals surface area contributed by atoms with Crippen LogP contribution in [0.5, 0.6) is 0 Å². The number of allylic oxidation sites excluding steroid dienone is 4. The maximum absolute atomic E-state index is 4.88. The molecule has 0 aliphatic carbocycles. The van der Waals surface area contributed by atoms with Gasteiger partial charge in [0.25, 0.3) is 0 Å². The summed E-state index contributed by atoms with van der Waals surface area (Å²) in [6, 6.07) is 10.4. The molecule has 2 nitrogen and oxygen atoms in total. The monoisotopic (exact) mass is 390 g/mol. The van der Waals surface area contributed by atoms with Crippen LogP contribution in [-0.2, 0) is 0 Å². The number of benzene rings is 1. The zero-order valence-electron chi connectivity index (χ0n) is 18.7. The van der Waals surface area contributed by atoms with Crippen LogP contribution in [0.25, 0.3) is 5.57 Å². The van der Waals surface area contributed by atoms with Gasteiger partial charge >= 0.3 is 0 Å². The number of likely N-dealkylation sites (N-methyl/N-ethyl adjacent to an activating group) is 1. The van der Waals surface area contributed by atoms with E-state index >= 15 is 0 Å². The van der Waals surface area contributed by atoms with Gasteiger partial charge in [0.2, 0.25) is 0 Å². The van der Waals surface area contributed by atoms with Gasteiger partial charge in [-0.05, 0) is 49.4 Å². The molecule has 1 aromatic carbocycles. The SMILES string of the molecule is C=CC(=C)C(CCC(=C)/C=C(\C)c1ccccc1)C(N=CC(C)C)C(=C)CNC. The molecule has 29 heavy (non-hydrogen) atoms. The zero-order chi connectivity index (χ0) is 21.8. The number of nitrogens with zero attached hydrogens (tertiary/aromatic N) is 1. The van der Waals surface area contributed by atoms with Gasteiger partial charge in [0, 0.05) is 18.7 Å². The summed E-state index contributed by atoms with van der Waals surface area (Å²) >= 11 is 0. The first kappa shape index (κ1) is 24.6. The Kier molecular flexibility index (Phi) is 10.9. The van der Waals surface area contributed by atoms with Crippen molar-refractivity contribution in [2.75, 3.05) is 13.6 Å². The van der Waals surface area contributed by atoms with Gasteiger partial charge in [-0.3, -0.25) is 4.99 Å². The van der Waals surface area contributed by atoms with E-state index in [9.17, 15) is 0 Å². The molecule has 0 saturated heterocycles. The molecule has 156 valence electrons. The Morgan fingerprint density at radius 1 is 1.14 bits per heavy atom. The van der Waals surface area contributed by atoms with Gasteiger partial charge in [-0.1, -0.05) is 93.8 Å². The topological polar surface area (TPSA) is 24.4 Å². The maximum Gasteiger partial charge on any atom is 0.0783 e. The van der Waals surface area contributed by atoms with E-state index in [1.807, 2.05) is 25.4 Å². The van der Waals surface area contributed by atoms with E-state index in [1.54, 1.807) is 0 Å². The van der Waals surface area contributed by atoms with E-state index in [4.69, 9.17) is 4.99 Å². The number of hydrogen-bond acceptors (Lipinski definition) is 2. The largest absolute Gasteiger partial charge is 0.316 e. The van der Waals surface area contributed by atoms with Gasteiger partial charge in [-0.15, -0.1) is 0 Å². The molecule has 0 spiro atoms. The molecule has 0 aromatic heterocycles. The minimum absolute atomic E-state index is 0.0117. The van der Waals surface area contributed by atoms with Crippen molar-refractivity contribution in [3.63, 3.8) is 0 Å². The van der Waals surface area contributed by atoms with Crippen LogP contribution in [0.15, 0.2) is 90.5 Å². The van der Waals surface area contributed by atoms with Crippen molar-refractivity contribution in [3.8, 4) is 0 Å². The summed E-state index contributed by atoms with van der Waals surface area (Å²) < 4.78 is 0. The summed E-state index contributed by atoms with van der Waals surface area (Å²) in [5, 5.41) is 3.20. The Morgan fingerprint density at radius 3 is 2.34 bits per heavy atom. The van der Waals surface area contributed by atoms with E-state index in [2.05, 4.69) is 82.7 Å². The van der Waals surface area contributed by atoms with Crippen LogP contribution in [0, 0.1) is 11.8 Å². The van der Waals surface area contributed by atoms with Crippen LogP contribution in [0.2, 0.25) is 0 Å². The average molecular weight is 391 g/mol. The third kappa shape index (κ3) is 8.62. The lowest BCUT2D eigenvalue weighted by Crippen LogP contribution is -2.27. The lowest BCUT2D eigenvalue weighted by molar-refractivity contribution is 0.494. The quantitative estimate of drug-likeness (QED) is 0.227. The predicted molar refractivity (Wildman–Crippen MR) is 131 cm³/mol. The summed E-state index contributed by atoms with van der Waals surface area (Å²) in [7, 11) is 1.94. The van der Waals surface area contributed by atoms with Crippen LogP contribution < -0.4 is 5.32 Å². The molecule has 0 fully saturated rings. The minimum Gasteiger partial charge on any atom is -0.316 e. The highest BCUT2D eigenvalue weighted by Gasteiger charge is 2.24. The van der Waals surface area contributed by atoms with Gasteiger partial charge in [-0.25, -0.2) is 0 Å². The third-order valence-electron chi connectivity index (χ3n) is 4.91. The second-order valence-electron chi connectivity index (χ2n) is 7.95. The van der Waals surface area contributed by atoms with Crippen molar-refractivity contribution in [1.29, 1.82) is 0 Å². The highest BCUT2D eigenvalue weighted by Crippen LogP contribution is 2.29. The minimum atomic E-state index is -0.0117. The van der Waals surface area contributed by atoms with Crippen LogP contribution in [0.4, 0.5) is 0 Å². The third-order valence-corrected chi connectivity index (χ3v) is 4.91. The molecule has 0 aliphatic heterocycles. The summed E-state index contributed by atoms with van der Waals surface area (Å²) in [6.45, 7) is 23.9.